The summed E-state index contributed by atoms with van der Waals surface area (Å²) in [5.74, 6) is -0.0329. The maximum atomic E-state index is 12.1. The largest absolute Gasteiger partial charge is 0.491 e. The molecule has 1 aliphatic rings. The average molecular weight is 336 g/mol. The second-order valence-corrected chi connectivity index (χ2v) is 5.80. The average Bonchev–Trinajstić information content (AvgIpc) is 2.56. The maximum Gasteiger partial charge on any atom is 0.338 e. The van der Waals surface area contributed by atoms with E-state index in [1.165, 1.54) is 0 Å². The van der Waals surface area contributed by atoms with Gasteiger partial charge in [0.1, 0.15) is 5.75 Å². The molecule has 1 saturated heterocycles. The molecule has 2 N–H and O–H groups in total. The molecule has 0 aliphatic carbocycles. The number of carbonyl (C=O) groups excluding carboxylic acids is 2. The van der Waals surface area contributed by atoms with E-state index in [-0.39, 0.29) is 25.0 Å². The number of rotatable bonds is 6. The van der Waals surface area contributed by atoms with Gasteiger partial charge in [0.05, 0.1) is 43.6 Å². The number of ether oxygens (including phenoxy) is 3. The van der Waals surface area contributed by atoms with E-state index in [4.69, 9.17) is 19.9 Å². The molecule has 1 aromatic rings. The van der Waals surface area contributed by atoms with Gasteiger partial charge in [0, 0.05) is 13.1 Å². The second-order valence-electron chi connectivity index (χ2n) is 5.80. The van der Waals surface area contributed by atoms with Crippen LogP contribution >= 0.6 is 0 Å². The SMILES string of the molecule is CC(C)OC(=O)c1ccc(N)c(OCCC(=O)N2CCOCC2)c1. The van der Waals surface area contributed by atoms with Gasteiger partial charge in [0.2, 0.25) is 5.91 Å². The van der Waals surface area contributed by atoms with Gasteiger partial charge >= 0.3 is 5.97 Å². The van der Waals surface area contributed by atoms with Crippen molar-refractivity contribution in [2.45, 2.75) is 26.4 Å². The standard InChI is InChI=1S/C17H24N2O5/c1-12(2)24-17(21)13-3-4-14(18)15(11-13)23-8-5-16(20)19-6-9-22-10-7-19/h3-4,11-12H,5-10,18H2,1-2H3. The van der Waals surface area contributed by atoms with E-state index in [9.17, 15) is 9.59 Å². The smallest absolute Gasteiger partial charge is 0.338 e. The van der Waals surface area contributed by atoms with Crippen LogP contribution in [0.1, 0.15) is 30.6 Å². The van der Waals surface area contributed by atoms with E-state index in [0.29, 0.717) is 43.3 Å². The van der Waals surface area contributed by atoms with Crippen LogP contribution in [0.5, 0.6) is 5.75 Å². The van der Waals surface area contributed by atoms with Crippen molar-refractivity contribution in [2.24, 2.45) is 0 Å². The van der Waals surface area contributed by atoms with Crippen molar-refractivity contribution < 1.29 is 23.8 Å². The Morgan fingerprint density at radius 2 is 2.00 bits per heavy atom. The fraction of sp³-hybridized carbons (Fsp3) is 0.529. The first-order valence-electron chi connectivity index (χ1n) is 8.06. The minimum Gasteiger partial charge on any atom is -0.491 e. The minimum atomic E-state index is -0.431. The second kappa shape index (κ2) is 8.54. The number of nitrogens with zero attached hydrogens (tertiary/aromatic N) is 1. The number of anilines is 1. The number of carbonyl (C=O) groups is 2. The number of benzene rings is 1. The molecule has 7 heteroatoms. The Balaban J connectivity index is 1.89. The Labute approximate surface area is 141 Å². The first-order chi connectivity index (χ1) is 11.5. The van der Waals surface area contributed by atoms with Crippen molar-refractivity contribution in [3.63, 3.8) is 0 Å². The molecule has 0 saturated carbocycles. The van der Waals surface area contributed by atoms with Crippen LogP contribution in [0.4, 0.5) is 5.69 Å². The Bertz CT molecular complexity index is 582. The third kappa shape index (κ3) is 5.13. The summed E-state index contributed by atoms with van der Waals surface area (Å²) in [6.45, 7) is 6.12. The fourth-order valence-corrected chi connectivity index (χ4v) is 2.29. The topological polar surface area (TPSA) is 91.1 Å². The van der Waals surface area contributed by atoms with Crippen LogP contribution in [-0.4, -0.2) is 55.8 Å². The summed E-state index contributed by atoms with van der Waals surface area (Å²) in [4.78, 5) is 25.7. The van der Waals surface area contributed by atoms with Crippen molar-refractivity contribution >= 4 is 17.6 Å². The van der Waals surface area contributed by atoms with Gasteiger partial charge in [-0.3, -0.25) is 4.79 Å². The summed E-state index contributed by atoms with van der Waals surface area (Å²) < 4.78 is 15.9. The van der Waals surface area contributed by atoms with Crippen LogP contribution in [0.3, 0.4) is 0 Å². The number of hydrogen-bond acceptors (Lipinski definition) is 6. The van der Waals surface area contributed by atoms with Crippen LogP contribution in [0, 0.1) is 0 Å². The molecule has 1 aliphatic heterocycles. The number of esters is 1. The third-order valence-corrected chi connectivity index (χ3v) is 3.53. The van der Waals surface area contributed by atoms with Gasteiger partial charge in [0.25, 0.3) is 0 Å². The number of morpholine rings is 1. The van der Waals surface area contributed by atoms with E-state index in [2.05, 4.69) is 0 Å². The molecule has 1 aromatic carbocycles. The lowest BCUT2D eigenvalue weighted by atomic mass is 10.2. The molecule has 0 atom stereocenters. The van der Waals surface area contributed by atoms with Gasteiger partial charge in [-0.15, -0.1) is 0 Å². The van der Waals surface area contributed by atoms with Crippen molar-refractivity contribution in [1.82, 2.24) is 4.90 Å². The number of amides is 1. The molecule has 1 heterocycles. The lowest BCUT2D eigenvalue weighted by Gasteiger charge is -2.26. The van der Waals surface area contributed by atoms with Gasteiger partial charge in [-0.25, -0.2) is 4.79 Å². The van der Waals surface area contributed by atoms with Gasteiger partial charge in [0.15, 0.2) is 0 Å². The first-order valence-corrected chi connectivity index (χ1v) is 8.06. The maximum absolute atomic E-state index is 12.1. The summed E-state index contributed by atoms with van der Waals surface area (Å²) in [5.41, 5.74) is 6.64. The predicted octanol–water partition coefficient (Wildman–Crippen LogP) is 1.46. The molecular formula is C17H24N2O5. The highest BCUT2D eigenvalue weighted by molar-refractivity contribution is 5.90. The summed E-state index contributed by atoms with van der Waals surface area (Å²) in [5, 5.41) is 0. The Morgan fingerprint density at radius 1 is 1.29 bits per heavy atom. The van der Waals surface area contributed by atoms with Crippen LogP contribution < -0.4 is 10.5 Å². The zero-order valence-electron chi connectivity index (χ0n) is 14.1. The van der Waals surface area contributed by atoms with Crippen LogP contribution in [0.15, 0.2) is 18.2 Å². The highest BCUT2D eigenvalue weighted by Crippen LogP contribution is 2.23. The quantitative estimate of drug-likeness (QED) is 0.625. The van der Waals surface area contributed by atoms with E-state index in [0.717, 1.165) is 0 Å². The molecule has 0 radical (unpaired) electrons. The Kier molecular flexibility index (Phi) is 6.43. The lowest BCUT2D eigenvalue weighted by molar-refractivity contribution is -0.135. The first kappa shape index (κ1) is 18.1. The van der Waals surface area contributed by atoms with E-state index in [1.807, 2.05) is 0 Å². The fourth-order valence-electron chi connectivity index (χ4n) is 2.29. The van der Waals surface area contributed by atoms with Crippen LogP contribution in [0.25, 0.3) is 0 Å². The highest BCUT2D eigenvalue weighted by Gasteiger charge is 2.17. The normalized spacial score (nSPS) is 14.5. The molecule has 1 amide bonds. The molecule has 132 valence electrons. The van der Waals surface area contributed by atoms with Crippen molar-refractivity contribution in [1.29, 1.82) is 0 Å². The molecule has 24 heavy (non-hydrogen) atoms. The minimum absolute atomic E-state index is 0.0206. The predicted molar refractivity (Wildman–Crippen MR) is 88.9 cm³/mol. The van der Waals surface area contributed by atoms with Gasteiger partial charge in [-0.05, 0) is 32.0 Å². The van der Waals surface area contributed by atoms with Crippen LogP contribution in [0.2, 0.25) is 0 Å². The number of hydrogen-bond donors (Lipinski definition) is 1. The zero-order valence-corrected chi connectivity index (χ0v) is 14.1. The van der Waals surface area contributed by atoms with E-state index >= 15 is 0 Å². The zero-order chi connectivity index (χ0) is 17.5. The number of nitrogens with two attached hydrogens (primary N) is 1. The third-order valence-electron chi connectivity index (χ3n) is 3.53. The van der Waals surface area contributed by atoms with Gasteiger partial charge in [-0.2, -0.15) is 0 Å². The van der Waals surface area contributed by atoms with Crippen molar-refractivity contribution in [2.75, 3.05) is 38.6 Å². The highest BCUT2D eigenvalue weighted by atomic mass is 16.5. The Morgan fingerprint density at radius 3 is 2.67 bits per heavy atom. The molecule has 0 bridgehead atoms. The van der Waals surface area contributed by atoms with Gasteiger partial charge < -0.3 is 24.8 Å². The molecule has 1 fully saturated rings. The monoisotopic (exact) mass is 336 g/mol. The summed E-state index contributed by atoms with van der Waals surface area (Å²) in [6, 6.07) is 4.72. The van der Waals surface area contributed by atoms with Crippen molar-refractivity contribution in [3.05, 3.63) is 23.8 Å². The molecule has 0 unspecified atom stereocenters. The van der Waals surface area contributed by atoms with Crippen molar-refractivity contribution in [3.8, 4) is 5.75 Å². The Hall–Kier alpha value is -2.28. The summed E-state index contributed by atoms with van der Waals surface area (Å²) >= 11 is 0. The van der Waals surface area contributed by atoms with E-state index in [1.54, 1.807) is 36.9 Å². The molecule has 7 nitrogen and oxygen atoms in total. The van der Waals surface area contributed by atoms with Crippen LogP contribution in [-0.2, 0) is 14.3 Å². The summed E-state index contributed by atoms with van der Waals surface area (Å²) in [6.07, 6.45) is 0.0469. The van der Waals surface area contributed by atoms with E-state index < -0.39 is 5.97 Å². The molecular weight excluding hydrogens is 312 g/mol. The molecule has 0 spiro atoms. The summed E-state index contributed by atoms with van der Waals surface area (Å²) in [7, 11) is 0. The number of nitrogen functional groups attached to an aromatic ring is 1. The van der Waals surface area contributed by atoms with Gasteiger partial charge in [-0.1, -0.05) is 0 Å². The lowest BCUT2D eigenvalue weighted by Crippen LogP contribution is -2.41. The molecule has 0 aromatic heterocycles. The molecule has 2 rings (SSSR count).